The summed E-state index contributed by atoms with van der Waals surface area (Å²) < 4.78 is 18.0. The summed E-state index contributed by atoms with van der Waals surface area (Å²) >= 11 is 0. The second kappa shape index (κ2) is 4.62. The Hall–Kier alpha value is -2.09. The van der Waals surface area contributed by atoms with Crippen molar-refractivity contribution in [3.63, 3.8) is 0 Å². The summed E-state index contributed by atoms with van der Waals surface area (Å²) in [4.78, 5) is 11.4. The maximum absolute atomic E-state index is 13.3. The van der Waals surface area contributed by atoms with Crippen molar-refractivity contribution >= 4 is 11.7 Å². The molecule has 1 unspecified atom stereocenters. The lowest BCUT2D eigenvalue weighted by Crippen LogP contribution is -2.14. The van der Waals surface area contributed by atoms with Crippen molar-refractivity contribution < 1.29 is 13.9 Å². The molecule has 0 fully saturated rings. The molecule has 4 nitrogen and oxygen atoms in total. The van der Waals surface area contributed by atoms with Gasteiger partial charge in [-0.25, -0.2) is 9.18 Å². The fourth-order valence-electron chi connectivity index (χ4n) is 1.07. The van der Waals surface area contributed by atoms with E-state index < -0.39 is 17.9 Å². The van der Waals surface area contributed by atoms with Gasteiger partial charge in [0.1, 0.15) is 11.9 Å². The van der Waals surface area contributed by atoms with Crippen LogP contribution in [0.4, 0.5) is 10.1 Å². The molecule has 1 aromatic rings. The first kappa shape index (κ1) is 12.0. The van der Waals surface area contributed by atoms with Crippen molar-refractivity contribution in [2.24, 2.45) is 0 Å². The summed E-state index contributed by atoms with van der Waals surface area (Å²) in [6.45, 7) is 2.93. The molecular weight excluding hydrogens is 211 g/mol. The molecule has 1 aromatic carbocycles. The van der Waals surface area contributed by atoms with Gasteiger partial charge in [0.05, 0.1) is 5.56 Å². The van der Waals surface area contributed by atoms with Crippen molar-refractivity contribution in [1.82, 2.24) is 0 Å². The van der Waals surface area contributed by atoms with Gasteiger partial charge in [0, 0.05) is 11.3 Å². The van der Waals surface area contributed by atoms with E-state index in [1.165, 1.54) is 19.9 Å². The number of hydrogen-bond acceptors (Lipinski definition) is 4. The van der Waals surface area contributed by atoms with Gasteiger partial charge in [-0.05, 0) is 26.0 Å². The van der Waals surface area contributed by atoms with Gasteiger partial charge in [-0.15, -0.1) is 0 Å². The van der Waals surface area contributed by atoms with E-state index in [9.17, 15) is 9.18 Å². The van der Waals surface area contributed by atoms with Gasteiger partial charge in [0.15, 0.2) is 6.10 Å². The maximum atomic E-state index is 13.3. The largest absolute Gasteiger partial charge is 0.444 e. The summed E-state index contributed by atoms with van der Waals surface area (Å²) in [5.41, 5.74) is 5.97. The average molecular weight is 222 g/mol. The molecule has 1 atom stereocenters. The van der Waals surface area contributed by atoms with E-state index in [-0.39, 0.29) is 16.8 Å². The molecule has 84 valence electrons. The summed E-state index contributed by atoms with van der Waals surface area (Å²) in [6.07, 6.45) is -0.877. The Morgan fingerprint density at radius 1 is 1.62 bits per heavy atom. The SMILES string of the molecule is Cc1c(N)cc(C(=O)OC(C)C#N)cc1F. The Morgan fingerprint density at radius 3 is 2.75 bits per heavy atom. The molecule has 16 heavy (non-hydrogen) atoms. The van der Waals surface area contributed by atoms with Crippen molar-refractivity contribution in [2.75, 3.05) is 5.73 Å². The van der Waals surface area contributed by atoms with E-state index in [0.717, 1.165) is 6.07 Å². The molecule has 0 aliphatic rings. The number of hydrogen-bond donors (Lipinski definition) is 1. The summed E-state index contributed by atoms with van der Waals surface area (Å²) in [5, 5.41) is 8.46. The number of esters is 1. The highest BCUT2D eigenvalue weighted by molar-refractivity contribution is 5.91. The number of nitrogens with two attached hydrogens (primary N) is 1. The molecular formula is C11H11FN2O2. The molecule has 0 spiro atoms. The smallest absolute Gasteiger partial charge is 0.339 e. The standard InChI is InChI=1S/C11H11FN2O2/c1-6(5-13)16-11(15)8-3-9(12)7(2)10(14)4-8/h3-4,6H,14H2,1-2H3. The number of halogens is 1. The number of rotatable bonds is 2. The van der Waals surface area contributed by atoms with E-state index >= 15 is 0 Å². The topological polar surface area (TPSA) is 76.1 Å². The number of carbonyl (C=O) groups is 1. The maximum Gasteiger partial charge on any atom is 0.339 e. The van der Waals surface area contributed by atoms with Crippen LogP contribution in [-0.4, -0.2) is 12.1 Å². The third-order valence-corrected chi connectivity index (χ3v) is 2.09. The van der Waals surface area contributed by atoms with E-state index in [1.807, 2.05) is 0 Å². The van der Waals surface area contributed by atoms with Crippen LogP contribution in [0, 0.1) is 24.1 Å². The second-order valence-corrected chi connectivity index (χ2v) is 3.35. The predicted molar refractivity (Wildman–Crippen MR) is 56.0 cm³/mol. The van der Waals surface area contributed by atoms with Gasteiger partial charge in [-0.2, -0.15) is 5.26 Å². The van der Waals surface area contributed by atoms with Crippen LogP contribution in [0.3, 0.4) is 0 Å². The average Bonchev–Trinajstić information content (AvgIpc) is 2.24. The monoisotopic (exact) mass is 222 g/mol. The van der Waals surface area contributed by atoms with Crippen LogP contribution in [0.2, 0.25) is 0 Å². The van der Waals surface area contributed by atoms with Crippen molar-refractivity contribution in [2.45, 2.75) is 20.0 Å². The summed E-state index contributed by atoms with van der Waals surface area (Å²) in [5.74, 6) is -1.34. The Morgan fingerprint density at radius 2 is 2.25 bits per heavy atom. The third kappa shape index (κ3) is 2.48. The summed E-state index contributed by atoms with van der Waals surface area (Å²) in [6, 6.07) is 4.10. The molecule has 0 saturated heterocycles. The fraction of sp³-hybridized carbons (Fsp3) is 0.273. The highest BCUT2D eigenvalue weighted by Gasteiger charge is 2.14. The molecule has 1 rings (SSSR count). The molecule has 0 amide bonds. The fourth-order valence-corrected chi connectivity index (χ4v) is 1.07. The van der Waals surface area contributed by atoms with E-state index in [1.54, 1.807) is 6.07 Å². The van der Waals surface area contributed by atoms with Gasteiger partial charge >= 0.3 is 5.97 Å². The Labute approximate surface area is 92.4 Å². The number of nitrogens with zero attached hydrogens (tertiary/aromatic N) is 1. The number of carbonyl (C=O) groups excluding carboxylic acids is 1. The van der Waals surface area contributed by atoms with Crippen LogP contribution in [0.15, 0.2) is 12.1 Å². The van der Waals surface area contributed by atoms with Gasteiger partial charge in [0.2, 0.25) is 0 Å². The number of nitriles is 1. The molecule has 0 radical (unpaired) electrons. The van der Waals surface area contributed by atoms with Crippen LogP contribution >= 0.6 is 0 Å². The van der Waals surface area contributed by atoms with E-state index in [4.69, 9.17) is 15.7 Å². The van der Waals surface area contributed by atoms with Crippen LogP contribution < -0.4 is 5.73 Å². The molecule has 5 heteroatoms. The molecule has 0 aromatic heterocycles. The highest BCUT2D eigenvalue weighted by Crippen LogP contribution is 2.18. The van der Waals surface area contributed by atoms with Crippen molar-refractivity contribution in [1.29, 1.82) is 5.26 Å². The molecule has 0 bridgehead atoms. The van der Waals surface area contributed by atoms with Crippen LogP contribution in [0.25, 0.3) is 0 Å². The summed E-state index contributed by atoms with van der Waals surface area (Å²) in [7, 11) is 0. The number of benzene rings is 1. The predicted octanol–water partition coefficient (Wildman–Crippen LogP) is 1.79. The van der Waals surface area contributed by atoms with Crippen molar-refractivity contribution in [3.05, 3.63) is 29.1 Å². The normalized spacial score (nSPS) is 11.6. The second-order valence-electron chi connectivity index (χ2n) is 3.35. The van der Waals surface area contributed by atoms with Gasteiger partial charge in [-0.1, -0.05) is 0 Å². The third-order valence-electron chi connectivity index (χ3n) is 2.09. The zero-order chi connectivity index (χ0) is 12.3. The van der Waals surface area contributed by atoms with Crippen molar-refractivity contribution in [3.8, 4) is 6.07 Å². The minimum atomic E-state index is -0.877. The first-order valence-corrected chi connectivity index (χ1v) is 4.62. The molecule has 0 saturated carbocycles. The minimum Gasteiger partial charge on any atom is -0.444 e. The zero-order valence-electron chi connectivity index (χ0n) is 8.95. The first-order chi connectivity index (χ1) is 7.45. The lowest BCUT2D eigenvalue weighted by Gasteiger charge is -2.08. The van der Waals surface area contributed by atoms with Gasteiger partial charge in [-0.3, -0.25) is 0 Å². The van der Waals surface area contributed by atoms with Gasteiger partial charge < -0.3 is 10.5 Å². The minimum absolute atomic E-state index is 0.00250. The molecule has 0 aliphatic heterocycles. The van der Waals surface area contributed by atoms with Crippen LogP contribution in [0.5, 0.6) is 0 Å². The highest BCUT2D eigenvalue weighted by atomic mass is 19.1. The van der Waals surface area contributed by atoms with E-state index in [0.29, 0.717) is 0 Å². The molecule has 0 aliphatic carbocycles. The van der Waals surface area contributed by atoms with E-state index in [2.05, 4.69) is 0 Å². The number of ether oxygens (including phenoxy) is 1. The number of nitrogen functional groups attached to an aromatic ring is 1. The zero-order valence-corrected chi connectivity index (χ0v) is 8.95. The van der Waals surface area contributed by atoms with Gasteiger partial charge in [0.25, 0.3) is 0 Å². The first-order valence-electron chi connectivity index (χ1n) is 4.62. The Bertz CT molecular complexity index is 443. The number of anilines is 1. The molecule has 2 N–H and O–H groups in total. The van der Waals surface area contributed by atoms with Crippen LogP contribution in [-0.2, 0) is 4.74 Å². The Balaban J connectivity index is 2.98. The quantitative estimate of drug-likeness (QED) is 0.611. The van der Waals surface area contributed by atoms with Crippen LogP contribution in [0.1, 0.15) is 22.8 Å². The lowest BCUT2D eigenvalue weighted by atomic mass is 10.1. The Kier molecular flexibility index (Phi) is 3.46. The molecule has 0 heterocycles. The lowest BCUT2D eigenvalue weighted by molar-refractivity contribution is 0.0435.